The van der Waals surface area contributed by atoms with E-state index in [-0.39, 0.29) is 17.6 Å². The van der Waals surface area contributed by atoms with Crippen LogP contribution in [0.5, 0.6) is 0 Å². The summed E-state index contributed by atoms with van der Waals surface area (Å²) in [5.74, 6) is -3.58. The Morgan fingerprint density at radius 2 is 1.49 bits per heavy atom. The first-order valence-corrected chi connectivity index (χ1v) is 27.7. The smallest absolute Gasteiger partial charge is 0.301 e. The SMILES string of the molecule is CC(C)(C)N1CCCCC1CN1CCN(c2ccc(-c3cnc4[nH]cc(C(=O)c5c(F)ccc(NS(=O)(=O)N6C[C@H](O[Si](c7ccccc7)(c7ccccc7)C(C)(C)C)[C@@H](F)C6)c5F)c4c3)cc2)CC1. The Morgan fingerprint density at radius 1 is 0.829 bits per heavy atom. The van der Waals surface area contributed by atoms with E-state index in [0.29, 0.717) is 22.6 Å². The van der Waals surface area contributed by atoms with E-state index in [2.05, 4.69) is 62.3 Å². The number of anilines is 2. The zero-order valence-electron chi connectivity index (χ0n) is 40.9. The Morgan fingerprint density at radius 3 is 2.11 bits per heavy atom. The average molecular weight is 992 g/mol. The van der Waals surface area contributed by atoms with Crippen LogP contribution in [0.15, 0.2) is 116 Å². The highest BCUT2D eigenvalue weighted by molar-refractivity contribution is 7.90. The molecule has 3 fully saturated rings. The number of hydrogen-bond acceptors (Lipinski definition) is 8. The Bertz CT molecular complexity index is 2880. The van der Waals surface area contributed by atoms with Crippen LogP contribution < -0.4 is 20.0 Å². The first-order valence-electron chi connectivity index (χ1n) is 24.4. The summed E-state index contributed by atoms with van der Waals surface area (Å²) in [4.78, 5) is 29.3. The van der Waals surface area contributed by atoms with E-state index in [1.54, 1.807) is 12.3 Å². The molecule has 3 aliphatic rings. The highest BCUT2D eigenvalue weighted by atomic mass is 32.2. The normalized spacial score (nSPS) is 20.3. The van der Waals surface area contributed by atoms with Crippen LogP contribution in [0.4, 0.5) is 24.5 Å². The number of piperazine rings is 1. The predicted octanol–water partition coefficient (Wildman–Crippen LogP) is 8.77. The van der Waals surface area contributed by atoms with Crippen molar-refractivity contribution >= 4 is 57.1 Å². The maximum absolute atomic E-state index is 16.5. The number of rotatable bonds is 13. The van der Waals surface area contributed by atoms with Crippen LogP contribution in [0.25, 0.3) is 22.2 Å². The monoisotopic (exact) mass is 991 g/mol. The second-order valence-corrected chi connectivity index (χ2v) is 27.0. The van der Waals surface area contributed by atoms with Gasteiger partial charge < -0.3 is 14.3 Å². The van der Waals surface area contributed by atoms with Gasteiger partial charge in [-0.05, 0) is 91.5 Å². The number of nitrogens with one attached hydrogen (secondary N) is 2. The molecule has 5 heterocycles. The van der Waals surface area contributed by atoms with Crippen LogP contribution >= 0.6 is 0 Å². The summed E-state index contributed by atoms with van der Waals surface area (Å²) < 4.78 is 86.1. The molecule has 0 bridgehead atoms. The summed E-state index contributed by atoms with van der Waals surface area (Å²) in [6.07, 6.45) is 3.94. The van der Waals surface area contributed by atoms with Gasteiger partial charge in [0.2, 0.25) is 5.78 Å². The topological polar surface area (TPSA) is 114 Å². The van der Waals surface area contributed by atoms with Gasteiger partial charge in [0.25, 0.3) is 8.32 Å². The summed E-state index contributed by atoms with van der Waals surface area (Å²) in [5.41, 5.74) is 1.51. The van der Waals surface area contributed by atoms with Gasteiger partial charge >= 0.3 is 10.2 Å². The van der Waals surface area contributed by atoms with Crippen molar-refractivity contribution in [1.29, 1.82) is 0 Å². The molecule has 2 N–H and O–H groups in total. The van der Waals surface area contributed by atoms with Crippen molar-refractivity contribution in [1.82, 2.24) is 24.1 Å². The highest BCUT2D eigenvalue weighted by Crippen LogP contribution is 2.40. The van der Waals surface area contributed by atoms with E-state index in [1.807, 2.05) is 93.6 Å². The van der Waals surface area contributed by atoms with Crippen molar-refractivity contribution in [3.05, 3.63) is 138 Å². The number of piperidine rings is 1. The molecule has 16 heteroatoms. The Labute approximate surface area is 411 Å². The fourth-order valence-corrected chi connectivity index (χ4v) is 16.8. The maximum Gasteiger partial charge on any atom is 0.301 e. The number of aromatic amines is 1. The highest BCUT2D eigenvalue weighted by Gasteiger charge is 2.54. The summed E-state index contributed by atoms with van der Waals surface area (Å²) in [5, 5.41) is 1.64. The molecular formula is C54H64F3N7O4SSi. The second kappa shape index (κ2) is 19.7. The molecule has 3 saturated heterocycles. The molecule has 1 unspecified atom stereocenters. The molecule has 0 radical (unpaired) electrons. The summed E-state index contributed by atoms with van der Waals surface area (Å²) in [6, 6.07) is 31.5. The van der Waals surface area contributed by atoms with Crippen molar-refractivity contribution in [2.75, 3.05) is 62.0 Å². The third-order valence-corrected chi connectivity index (χ3v) is 21.0. The quantitative estimate of drug-likeness (QED) is 0.0873. The Kier molecular flexibility index (Phi) is 13.9. The molecule has 6 aromatic rings. The minimum Gasteiger partial charge on any atom is -0.400 e. The number of nitrogens with zero attached hydrogens (tertiary/aromatic N) is 5. The van der Waals surface area contributed by atoms with Gasteiger partial charge in [0, 0.05) is 92.0 Å². The van der Waals surface area contributed by atoms with Crippen molar-refractivity contribution in [2.45, 2.75) is 89.7 Å². The van der Waals surface area contributed by atoms with Gasteiger partial charge in [-0.1, -0.05) is 100.0 Å². The zero-order chi connectivity index (χ0) is 49.6. The van der Waals surface area contributed by atoms with Gasteiger partial charge in [0.15, 0.2) is 5.82 Å². The number of pyridine rings is 1. The lowest BCUT2D eigenvalue weighted by molar-refractivity contribution is 0.0295. The van der Waals surface area contributed by atoms with Crippen molar-refractivity contribution in [3.8, 4) is 11.1 Å². The molecule has 370 valence electrons. The second-order valence-electron chi connectivity index (χ2n) is 21.0. The molecule has 3 atom stereocenters. The van der Waals surface area contributed by atoms with Crippen LogP contribution in [-0.2, 0) is 14.6 Å². The molecule has 11 nitrogen and oxygen atoms in total. The van der Waals surface area contributed by atoms with Crippen molar-refractivity contribution < 1.29 is 30.8 Å². The summed E-state index contributed by atoms with van der Waals surface area (Å²) >= 11 is 0. The van der Waals surface area contributed by atoms with Gasteiger partial charge in [-0.2, -0.15) is 12.7 Å². The third kappa shape index (κ3) is 9.82. The number of alkyl halides is 1. The summed E-state index contributed by atoms with van der Waals surface area (Å²) in [7, 11) is -7.92. The lowest BCUT2D eigenvalue weighted by Gasteiger charge is -2.47. The molecule has 4 aromatic carbocycles. The van der Waals surface area contributed by atoms with Gasteiger partial charge in [0.05, 0.1) is 17.4 Å². The fourth-order valence-electron chi connectivity index (χ4n) is 10.9. The maximum atomic E-state index is 16.5. The van der Waals surface area contributed by atoms with Crippen LogP contribution in [0.1, 0.15) is 76.7 Å². The Hall–Kier alpha value is -5.36. The number of aromatic nitrogens is 2. The van der Waals surface area contributed by atoms with Crippen LogP contribution in [-0.4, -0.2) is 123 Å². The molecule has 2 aromatic heterocycles. The number of halogens is 3. The van der Waals surface area contributed by atoms with Gasteiger partial charge in [-0.15, -0.1) is 0 Å². The number of H-pyrrole nitrogens is 1. The molecule has 70 heavy (non-hydrogen) atoms. The van der Waals surface area contributed by atoms with Crippen molar-refractivity contribution in [3.63, 3.8) is 0 Å². The number of carbonyl (C=O) groups is 1. The van der Waals surface area contributed by atoms with Gasteiger partial charge in [-0.3, -0.25) is 19.3 Å². The van der Waals surface area contributed by atoms with E-state index in [9.17, 15) is 13.2 Å². The first-order chi connectivity index (χ1) is 33.3. The molecule has 0 spiro atoms. The van der Waals surface area contributed by atoms with Gasteiger partial charge in [-0.25, -0.2) is 18.2 Å². The third-order valence-electron chi connectivity index (χ3n) is 14.5. The number of likely N-dealkylation sites (tertiary alicyclic amines) is 1. The predicted molar refractivity (Wildman–Crippen MR) is 276 cm³/mol. The van der Waals surface area contributed by atoms with Gasteiger partial charge in [0.1, 0.15) is 17.6 Å². The first kappa shape index (κ1) is 49.6. The van der Waals surface area contributed by atoms with Crippen molar-refractivity contribution in [2.24, 2.45) is 0 Å². The van der Waals surface area contributed by atoms with Crippen LogP contribution in [0.2, 0.25) is 5.04 Å². The fraction of sp³-hybridized carbons (Fsp3) is 0.407. The van der Waals surface area contributed by atoms with Crippen LogP contribution in [0.3, 0.4) is 0 Å². The van der Waals surface area contributed by atoms with E-state index < -0.39 is 71.1 Å². The number of fused-ring (bicyclic) bond motifs is 1. The zero-order valence-corrected chi connectivity index (χ0v) is 42.7. The molecule has 3 aliphatic heterocycles. The van der Waals surface area contributed by atoms with E-state index in [0.717, 1.165) is 77.3 Å². The number of hydrogen-bond donors (Lipinski definition) is 2. The Balaban J connectivity index is 0.890. The van der Waals surface area contributed by atoms with E-state index >= 15 is 13.2 Å². The standard InChI is InChI=1S/C54H64F3N7O4SSi/c1-53(2,3)64-26-14-13-15-40(64)34-61-27-29-62(30-28-61)39-22-20-37(21-23-39)38-31-43-44(33-59-52(43)58-32-38)51(65)49-45(55)24-25-47(50(49)57)60-69(66,67)63-35-46(56)48(36-63)68-70(54(4,5)6,41-16-9-7-10-17-41)42-18-11-8-12-19-42/h7-12,16-25,31-33,40,46,48,60H,13-15,26-30,34-36H2,1-6H3,(H,58,59)/t40?,46-,48-/m0/s1. The number of carbonyl (C=O) groups excluding carboxylic acids is 1. The average Bonchev–Trinajstić information content (AvgIpc) is 3.95. The lowest BCUT2D eigenvalue weighted by Crippen LogP contribution is -2.68. The van der Waals surface area contributed by atoms with Crippen LogP contribution in [0, 0.1) is 11.6 Å². The molecule has 0 amide bonds. The molecule has 9 rings (SSSR count). The minimum atomic E-state index is -4.64. The largest absolute Gasteiger partial charge is 0.400 e. The molecule has 0 saturated carbocycles. The number of benzene rings is 4. The number of ketones is 1. The minimum absolute atomic E-state index is 0.0429. The summed E-state index contributed by atoms with van der Waals surface area (Å²) in [6.45, 7) is 18.3. The molecule has 0 aliphatic carbocycles. The lowest BCUT2D eigenvalue weighted by atomic mass is 9.94. The van der Waals surface area contributed by atoms with E-state index in [1.165, 1.54) is 25.5 Å². The molecular weight excluding hydrogens is 928 g/mol. The van der Waals surface area contributed by atoms with E-state index in [4.69, 9.17) is 4.43 Å².